The van der Waals surface area contributed by atoms with Gasteiger partial charge in [0.15, 0.2) is 5.13 Å². The second-order valence-electron chi connectivity index (χ2n) is 4.75. The third-order valence-corrected chi connectivity index (χ3v) is 4.63. The molecular weight excluding hydrogens is 320 g/mol. The van der Waals surface area contributed by atoms with Gasteiger partial charge in [0, 0.05) is 18.0 Å². The number of anilines is 1. The quantitative estimate of drug-likeness (QED) is 0.718. The van der Waals surface area contributed by atoms with Crippen LogP contribution in [0.15, 0.2) is 22.9 Å². The SMILES string of the molecule is CNC(C)CNC(=O)Cc1csc(NC(=O)c2cccs2)n1. The van der Waals surface area contributed by atoms with Gasteiger partial charge in [0.05, 0.1) is 17.0 Å². The van der Waals surface area contributed by atoms with E-state index in [1.165, 1.54) is 22.7 Å². The fraction of sp³-hybridized carbons (Fsp3) is 0.357. The predicted molar refractivity (Wildman–Crippen MR) is 89.6 cm³/mol. The number of hydrogen-bond donors (Lipinski definition) is 3. The van der Waals surface area contributed by atoms with Crippen LogP contribution in [0, 0.1) is 0 Å². The third-order valence-electron chi connectivity index (χ3n) is 2.96. The molecule has 1 atom stereocenters. The molecule has 2 aromatic heterocycles. The Morgan fingerprint density at radius 1 is 1.36 bits per heavy atom. The number of amides is 2. The minimum absolute atomic E-state index is 0.0801. The van der Waals surface area contributed by atoms with Crippen LogP contribution in [-0.4, -0.2) is 36.4 Å². The first-order valence-corrected chi connectivity index (χ1v) is 8.57. The van der Waals surface area contributed by atoms with Gasteiger partial charge in [-0.25, -0.2) is 4.98 Å². The van der Waals surface area contributed by atoms with Crippen LogP contribution in [0.5, 0.6) is 0 Å². The summed E-state index contributed by atoms with van der Waals surface area (Å²) in [5.74, 6) is -0.258. The molecule has 0 fully saturated rings. The van der Waals surface area contributed by atoms with E-state index in [1.54, 1.807) is 11.4 Å². The lowest BCUT2D eigenvalue weighted by Crippen LogP contribution is -2.37. The third kappa shape index (κ3) is 4.90. The minimum Gasteiger partial charge on any atom is -0.354 e. The van der Waals surface area contributed by atoms with Gasteiger partial charge in [0.2, 0.25) is 5.91 Å². The highest BCUT2D eigenvalue weighted by Gasteiger charge is 2.12. The predicted octanol–water partition coefficient (Wildman–Crippen LogP) is 1.72. The van der Waals surface area contributed by atoms with Crippen LogP contribution in [0.4, 0.5) is 5.13 Å². The Morgan fingerprint density at radius 2 is 2.18 bits per heavy atom. The van der Waals surface area contributed by atoms with Crippen LogP contribution in [-0.2, 0) is 11.2 Å². The number of rotatable bonds is 7. The molecule has 8 heteroatoms. The molecule has 0 aliphatic rings. The molecule has 0 aromatic carbocycles. The van der Waals surface area contributed by atoms with Gasteiger partial charge in [-0.3, -0.25) is 14.9 Å². The minimum atomic E-state index is -0.178. The van der Waals surface area contributed by atoms with Crippen molar-refractivity contribution in [3.63, 3.8) is 0 Å². The van der Waals surface area contributed by atoms with Gasteiger partial charge < -0.3 is 10.6 Å². The van der Waals surface area contributed by atoms with E-state index >= 15 is 0 Å². The number of carbonyl (C=O) groups is 2. The topological polar surface area (TPSA) is 83.1 Å². The Labute approximate surface area is 137 Å². The molecule has 3 N–H and O–H groups in total. The lowest BCUT2D eigenvalue weighted by molar-refractivity contribution is -0.120. The number of nitrogens with one attached hydrogen (secondary N) is 3. The van der Waals surface area contributed by atoms with Gasteiger partial charge in [-0.1, -0.05) is 6.07 Å². The summed E-state index contributed by atoms with van der Waals surface area (Å²) < 4.78 is 0. The van der Waals surface area contributed by atoms with E-state index in [1.807, 2.05) is 25.4 Å². The lowest BCUT2D eigenvalue weighted by atomic mass is 10.3. The molecule has 0 bridgehead atoms. The van der Waals surface area contributed by atoms with E-state index in [9.17, 15) is 9.59 Å². The Hall–Kier alpha value is -1.77. The smallest absolute Gasteiger partial charge is 0.267 e. The summed E-state index contributed by atoms with van der Waals surface area (Å²) in [4.78, 5) is 28.6. The molecule has 0 aliphatic heterocycles. The van der Waals surface area contributed by atoms with Gasteiger partial charge in [-0.2, -0.15) is 0 Å². The molecule has 0 saturated carbocycles. The lowest BCUT2D eigenvalue weighted by Gasteiger charge is -2.10. The summed E-state index contributed by atoms with van der Waals surface area (Å²) in [5, 5.41) is 12.7. The molecule has 0 saturated heterocycles. The van der Waals surface area contributed by atoms with Crippen LogP contribution in [0.2, 0.25) is 0 Å². The first kappa shape index (κ1) is 16.6. The molecule has 2 heterocycles. The number of hydrogen-bond acceptors (Lipinski definition) is 6. The van der Waals surface area contributed by atoms with Gasteiger partial charge in [-0.05, 0) is 25.4 Å². The molecule has 0 radical (unpaired) electrons. The monoisotopic (exact) mass is 338 g/mol. The maximum atomic E-state index is 11.9. The number of carbonyl (C=O) groups excluding carboxylic acids is 2. The van der Waals surface area contributed by atoms with Crippen molar-refractivity contribution in [2.45, 2.75) is 19.4 Å². The van der Waals surface area contributed by atoms with Gasteiger partial charge in [-0.15, -0.1) is 22.7 Å². The molecule has 0 aliphatic carbocycles. The van der Waals surface area contributed by atoms with Crippen LogP contribution >= 0.6 is 22.7 Å². The normalized spacial score (nSPS) is 11.9. The standard InChI is InChI=1S/C14H18N4O2S2/c1-9(15-2)7-16-12(19)6-10-8-22-14(17-10)18-13(20)11-4-3-5-21-11/h3-5,8-9,15H,6-7H2,1-2H3,(H,16,19)(H,17,18,20). The molecule has 6 nitrogen and oxygen atoms in total. The van der Waals surface area contributed by atoms with Crippen LogP contribution < -0.4 is 16.0 Å². The molecule has 2 aromatic rings. The van der Waals surface area contributed by atoms with Crippen LogP contribution in [0.1, 0.15) is 22.3 Å². The zero-order valence-corrected chi connectivity index (χ0v) is 14.0. The van der Waals surface area contributed by atoms with E-state index in [0.717, 1.165) is 0 Å². The molecule has 0 spiro atoms. The number of nitrogens with zero attached hydrogens (tertiary/aromatic N) is 1. The highest BCUT2D eigenvalue weighted by Crippen LogP contribution is 2.18. The van der Waals surface area contributed by atoms with Crippen molar-refractivity contribution in [1.29, 1.82) is 0 Å². The Bertz CT molecular complexity index is 625. The highest BCUT2D eigenvalue weighted by atomic mass is 32.1. The molecule has 2 rings (SSSR count). The van der Waals surface area contributed by atoms with Crippen molar-refractivity contribution >= 4 is 39.6 Å². The average Bonchev–Trinajstić information content (AvgIpc) is 3.16. The first-order chi connectivity index (χ1) is 10.6. The second-order valence-corrected chi connectivity index (χ2v) is 6.55. The highest BCUT2D eigenvalue weighted by molar-refractivity contribution is 7.14. The number of thiazole rings is 1. The Kier molecular flexibility index (Phi) is 6.05. The summed E-state index contributed by atoms with van der Waals surface area (Å²) in [6.07, 6.45) is 0.210. The number of likely N-dealkylation sites (N-methyl/N-ethyl adjacent to an activating group) is 1. The van der Waals surface area contributed by atoms with Crippen molar-refractivity contribution in [2.24, 2.45) is 0 Å². The zero-order valence-electron chi connectivity index (χ0n) is 12.4. The van der Waals surface area contributed by atoms with Crippen molar-refractivity contribution in [3.05, 3.63) is 33.5 Å². The van der Waals surface area contributed by atoms with E-state index in [2.05, 4.69) is 20.9 Å². The molecule has 1 unspecified atom stereocenters. The Balaban J connectivity index is 1.83. The zero-order chi connectivity index (χ0) is 15.9. The number of thiophene rings is 1. The van der Waals surface area contributed by atoms with E-state index < -0.39 is 0 Å². The summed E-state index contributed by atoms with van der Waals surface area (Å²) in [7, 11) is 1.85. The Morgan fingerprint density at radius 3 is 2.86 bits per heavy atom. The van der Waals surface area contributed by atoms with Crippen molar-refractivity contribution in [3.8, 4) is 0 Å². The van der Waals surface area contributed by atoms with E-state index in [4.69, 9.17) is 0 Å². The second kappa shape index (κ2) is 8.02. The fourth-order valence-corrected chi connectivity index (χ4v) is 2.93. The van der Waals surface area contributed by atoms with Crippen LogP contribution in [0.25, 0.3) is 0 Å². The van der Waals surface area contributed by atoms with Crippen LogP contribution in [0.3, 0.4) is 0 Å². The summed E-state index contributed by atoms with van der Waals surface area (Å²) in [5.41, 5.74) is 0.654. The van der Waals surface area contributed by atoms with Gasteiger partial charge in [0.1, 0.15) is 0 Å². The summed E-state index contributed by atoms with van der Waals surface area (Å²) >= 11 is 2.69. The molecule has 22 heavy (non-hydrogen) atoms. The maximum absolute atomic E-state index is 11.9. The van der Waals surface area contributed by atoms with Crippen molar-refractivity contribution in [1.82, 2.24) is 15.6 Å². The molecular formula is C14H18N4O2S2. The molecule has 118 valence electrons. The summed E-state index contributed by atoms with van der Waals surface area (Å²) in [6, 6.07) is 3.80. The fourth-order valence-electron chi connectivity index (χ4n) is 1.61. The van der Waals surface area contributed by atoms with Gasteiger partial charge in [0.25, 0.3) is 5.91 Å². The first-order valence-electron chi connectivity index (χ1n) is 6.81. The maximum Gasteiger partial charge on any atom is 0.267 e. The molecule has 2 amide bonds. The largest absolute Gasteiger partial charge is 0.354 e. The van der Waals surface area contributed by atoms with Crippen molar-refractivity contribution in [2.75, 3.05) is 18.9 Å². The average molecular weight is 338 g/mol. The van der Waals surface area contributed by atoms with Gasteiger partial charge >= 0.3 is 0 Å². The van der Waals surface area contributed by atoms with E-state index in [0.29, 0.717) is 22.2 Å². The van der Waals surface area contributed by atoms with Crippen molar-refractivity contribution < 1.29 is 9.59 Å². The van der Waals surface area contributed by atoms with E-state index in [-0.39, 0.29) is 24.3 Å². The summed E-state index contributed by atoms with van der Waals surface area (Å²) in [6.45, 7) is 2.56. The number of aromatic nitrogens is 1.